The summed E-state index contributed by atoms with van der Waals surface area (Å²) in [6, 6.07) is 0. The van der Waals surface area contributed by atoms with Crippen LogP contribution in [0.5, 0.6) is 0 Å². The van der Waals surface area contributed by atoms with Crippen LogP contribution >= 0.6 is 12.4 Å². The minimum Gasteiger partial charge on any atom is -0.450 e. The van der Waals surface area contributed by atoms with Crippen LogP contribution in [-0.4, -0.2) is 49.1 Å². The second kappa shape index (κ2) is 29.2. The third-order valence-electron chi connectivity index (χ3n) is 0. The molecule has 0 aliphatic carbocycles. The van der Waals surface area contributed by atoms with E-state index >= 15 is 0 Å². The summed E-state index contributed by atoms with van der Waals surface area (Å²) in [7, 11) is 0. The zero-order valence-electron chi connectivity index (χ0n) is 6.48. The first-order chi connectivity index (χ1) is 5.20. The van der Waals surface area contributed by atoms with Crippen molar-refractivity contribution in [3.05, 3.63) is 0 Å². The van der Waals surface area contributed by atoms with E-state index in [1.807, 2.05) is 0 Å². The fraction of sp³-hybridized carbons (Fsp3) is 0. The minimum atomic E-state index is -1.83. The Labute approximate surface area is 110 Å². The molecule has 0 unspecified atom stereocenters. The molecule has 0 bridgehead atoms. The van der Waals surface area contributed by atoms with E-state index in [4.69, 9.17) is 45.0 Å². The van der Waals surface area contributed by atoms with Gasteiger partial charge in [-0.3, -0.25) is 0 Å². The number of carbonyl (C=O) groups is 3. The molecule has 0 aromatic carbocycles. The standard InChI is InChI=1S/3CH2O3.ClH.2Co/c3*2-1(3)4;;;/h3*(H2,2,3,4);1H;;. The molecule has 0 fully saturated rings. The van der Waals surface area contributed by atoms with Crippen molar-refractivity contribution in [1.82, 2.24) is 0 Å². The van der Waals surface area contributed by atoms with E-state index in [0.717, 1.165) is 0 Å². The molecule has 15 heavy (non-hydrogen) atoms. The van der Waals surface area contributed by atoms with Gasteiger partial charge in [0.1, 0.15) is 0 Å². The second-order valence-electron chi connectivity index (χ2n) is 0.848. The maximum Gasteiger partial charge on any atom is 0.503 e. The number of halogens is 1. The van der Waals surface area contributed by atoms with E-state index in [1.165, 1.54) is 0 Å². The number of hydrogen-bond donors (Lipinski definition) is 6. The van der Waals surface area contributed by atoms with Crippen LogP contribution in [0, 0.1) is 0 Å². The molecule has 0 spiro atoms. The summed E-state index contributed by atoms with van der Waals surface area (Å²) < 4.78 is 0. The molecule has 0 atom stereocenters. The Morgan fingerprint density at radius 3 is 0.533 bits per heavy atom. The molecule has 0 heterocycles. The Kier molecular flexibility index (Phi) is 71.8. The van der Waals surface area contributed by atoms with Gasteiger partial charge in [-0.05, 0) is 0 Å². The molecule has 12 heteroatoms. The molecule has 9 nitrogen and oxygen atoms in total. The van der Waals surface area contributed by atoms with Gasteiger partial charge in [0.05, 0.1) is 0 Å². The first-order valence-electron chi connectivity index (χ1n) is 1.95. The zero-order chi connectivity index (χ0) is 10.7. The number of carboxylic acid groups (broad SMARTS) is 6. The van der Waals surface area contributed by atoms with Crippen molar-refractivity contribution in [3.8, 4) is 0 Å². The summed E-state index contributed by atoms with van der Waals surface area (Å²) >= 11 is 0. The monoisotopic (exact) mass is 340 g/mol. The van der Waals surface area contributed by atoms with Crippen LogP contribution in [0.25, 0.3) is 0 Å². The Hall–Kier alpha value is -0.887. The van der Waals surface area contributed by atoms with Gasteiger partial charge in [-0.1, -0.05) is 0 Å². The van der Waals surface area contributed by atoms with Crippen LogP contribution in [0.3, 0.4) is 0 Å². The Morgan fingerprint density at radius 1 is 0.533 bits per heavy atom. The average Bonchev–Trinajstić information content (AvgIpc) is 1.54. The second-order valence-corrected chi connectivity index (χ2v) is 0.848. The van der Waals surface area contributed by atoms with Crippen molar-refractivity contribution in [1.29, 1.82) is 0 Å². The van der Waals surface area contributed by atoms with Crippen LogP contribution in [-0.2, 0) is 33.6 Å². The Balaban J connectivity index is -0.0000000184. The van der Waals surface area contributed by atoms with Crippen LogP contribution < -0.4 is 0 Å². The predicted octanol–water partition coefficient (Wildman–Crippen LogP) is 1.08. The summed E-state index contributed by atoms with van der Waals surface area (Å²) in [5.41, 5.74) is 0. The van der Waals surface area contributed by atoms with E-state index in [0.29, 0.717) is 0 Å². The fourth-order valence-electron chi connectivity index (χ4n) is 0. The molecular formula is C3H7ClCo2O9. The van der Waals surface area contributed by atoms with Gasteiger partial charge in [0.2, 0.25) is 0 Å². The molecule has 2 radical (unpaired) electrons. The van der Waals surface area contributed by atoms with Gasteiger partial charge >= 0.3 is 18.5 Å². The molecule has 0 aromatic rings. The molecule has 98 valence electrons. The van der Waals surface area contributed by atoms with Crippen molar-refractivity contribution in [3.63, 3.8) is 0 Å². The van der Waals surface area contributed by atoms with Crippen molar-refractivity contribution in [2.45, 2.75) is 0 Å². The maximum absolute atomic E-state index is 8.56. The van der Waals surface area contributed by atoms with Crippen molar-refractivity contribution in [2.24, 2.45) is 0 Å². The Bertz CT molecular complexity index is 121. The largest absolute Gasteiger partial charge is 0.503 e. The molecule has 6 N–H and O–H groups in total. The molecule has 0 aromatic heterocycles. The molecular weight excluding hydrogens is 333 g/mol. The van der Waals surface area contributed by atoms with Gasteiger partial charge < -0.3 is 30.6 Å². The van der Waals surface area contributed by atoms with Crippen LogP contribution in [0.4, 0.5) is 14.4 Å². The topological polar surface area (TPSA) is 173 Å². The van der Waals surface area contributed by atoms with Crippen LogP contribution in [0.2, 0.25) is 0 Å². The summed E-state index contributed by atoms with van der Waals surface area (Å²) in [6.07, 6.45) is -5.50. The van der Waals surface area contributed by atoms with Gasteiger partial charge in [-0.2, -0.15) is 0 Å². The zero-order valence-corrected chi connectivity index (χ0v) is 9.38. The first-order valence-corrected chi connectivity index (χ1v) is 1.95. The summed E-state index contributed by atoms with van der Waals surface area (Å²) in [4.78, 5) is 25.7. The maximum atomic E-state index is 8.56. The van der Waals surface area contributed by atoms with Crippen molar-refractivity contribution >= 4 is 30.9 Å². The van der Waals surface area contributed by atoms with Crippen LogP contribution in [0.1, 0.15) is 0 Å². The van der Waals surface area contributed by atoms with Crippen molar-refractivity contribution in [2.75, 3.05) is 0 Å². The molecule has 0 saturated carbocycles. The minimum absolute atomic E-state index is 0. The summed E-state index contributed by atoms with van der Waals surface area (Å²) in [5, 5.41) is 41.8. The van der Waals surface area contributed by atoms with Crippen LogP contribution in [0.15, 0.2) is 0 Å². The van der Waals surface area contributed by atoms with Gasteiger partial charge in [0.15, 0.2) is 0 Å². The first kappa shape index (κ1) is 36.9. The van der Waals surface area contributed by atoms with Gasteiger partial charge in [-0.15, -0.1) is 12.4 Å². The molecule has 0 aliphatic rings. The predicted molar refractivity (Wildman–Crippen MR) is 39.2 cm³/mol. The van der Waals surface area contributed by atoms with Gasteiger partial charge in [0.25, 0.3) is 0 Å². The third-order valence-corrected chi connectivity index (χ3v) is 0. The molecule has 0 aliphatic heterocycles. The van der Waals surface area contributed by atoms with E-state index in [1.54, 1.807) is 0 Å². The van der Waals surface area contributed by atoms with Gasteiger partial charge in [-0.25, -0.2) is 14.4 Å². The SMILES string of the molecule is Cl.O=C(O)O.O=C(O)O.O=C(O)O.[Co].[Co]. The van der Waals surface area contributed by atoms with E-state index in [9.17, 15) is 0 Å². The summed E-state index contributed by atoms with van der Waals surface area (Å²) in [6.45, 7) is 0. The fourth-order valence-corrected chi connectivity index (χ4v) is 0. The van der Waals surface area contributed by atoms with E-state index in [2.05, 4.69) is 0 Å². The quantitative estimate of drug-likeness (QED) is 0.377. The normalized spacial score (nSPS) is 4.80. The van der Waals surface area contributed by atoms with E-state index < -0.39 is 18.5 Å². The summed E-state index contributed by atoms with van der Waals surface area (Å²) in [5.74, 6) is 0. The van der Waals surface area contributed by atoms with Gasteiger partial charge in [0, 0.05) is 33.6 Å². The average molecular weight is 340 g/mol. The molecule has 0 saturated heterocycles. The van der Waals surface area contributed by atoms with E-state index in [-0.39, 0.29) is 46.0 Å². The number of rotatable bonds is 0. The smallest absolute Gasteiger partial charge is 0.450 e. The molecule has 0 rings (SSSR count). The molecule has 0 amide bonds. The Morgan fingerprint density at radius 2 is 0.533 bits per heavy atom. The third kappa shape index (κ3) is 2060. The number of hydrogen-bond acceptors (Lipinski definition) is 3. The van der Waals surface area contributed by atoms with Crippen molar-refractivity contribution < 1.29 is 78.6 Å².